The van der Waals surface area contributed by atoms with Crippen LogP contribution < -0.4 is 0 Å². The van der Waals surface area contributed by atoms with Gasteiger partial charge in [-0.3, -0.25) is 14.5 Å². The Kier molecular flexibility index (Phi) is 6.80. The standard InChI is InChI=1S/C15H13NO3S2.ClH/c1-10(7-11-5-3-2-4-6-11)8-12-14(19)16(9-13(17)18)15(20)21-12;/h2-8H,9H2,1H3,(H,17,18);1H. The van der Waals surface area contributed by atoms with Crippen LogP contribution in [0.5, 0.6) is 0 Å². The predicted molar refractivity (Wildman–Crippen MR) is 95.0 cm³/mol. The molecule has 2 rings (SSSR count). The van der Waals surface area contributed by atoms with Crippen molar-refractivity contribution in [1.29, 1.82) is 0 Å². The number of hydrogen-bond donors (Lipinski definition) is 1. The summed E-state index contributed by atoms with van der Waals surface area (Å²) in [5, 5.41) is 8.78. The van der Waals surface area contributed by atoms with Gasteiger partial charge in [-0.1, -0.05) is 60.4 Å². The number of aliphatic carboxylic acids is 1. The van der Waals surface area contributed by atoms with Gasteiger partial charge in [-0.15, -0.1) is 12.4 Å². The summed E-state index contributed by atoms with van der Waals surface area (Å²) in [4.78, 5) is 24.4. The number of amides is 1. The fraction of sp³-hybridized carbons (Fsp3) is 0.133. The lowest BCUT2D eigenvalue weighted by Gasteiger charge is -2.10. The van der Waals surface area contributed by atoms with Crippen molar-refractivity contribution in [2.75, 3.05) is 6.54 Å². The van der Waals surface area contributed by atoms with E-state index in [1.165, 1.54) is 0 Å². The van der Waals surface area contributed by atoms with Crippen molar-refractivity contribution in [3.8, 4) is 0 Å². The van der Waals surface area contributed by atoms with Gasteiger partial charge in [-0.25, -0.2) is 0 Å². The molecule has 0 spiro atoms. The van der Waals surface area contributed by atoms with Gasteiger partial charge < -0.3 is 5.11 Å². The van der Waals surface area contributed by atoms with Gasteiger partial charge >= 0.3 is 5.97 Å². The van der Waals surface area contributed by atoms with Gasteiger partial charge in [-0.2, -0.15) is 0 Å². The van der Waals surface area contributed by atoms with E-state index in [-0.39, 0.29) is 22.6 Å². The van der Waals surface area contributed by atoms with E-state index in [2.05, 4.69) is 0 Å². The highest BCUT2D eigenvalue weighted by atomic mass is 35.5. The highest BCUT2D eigenvalue weighted by Crippen LogP contribution is 2.31. The van der Waals surface area contributed by atoms with E-state index >= 15 is 0 Å². The Morgan fingerprint density at radius 2 is 2.00 bits per heavy atom. The van der Waals surface area contributed by atoms with Crippen molar-refractivity contribution in [3.63, 3.8) is 0 Å². The number of carbonyl (C=O) groups excluding carboxylic acids is 1. The molecule has 116 valence electrons. The number of carboxylic acid groups (broad SMARTS) is 1. The monoisotopic (exact) mass is 355 g/mol. The number of carbonyl (C=O) groups is 2. The molecule has 1 fully saturated rings. The Morgan fingerprint density at radius 3 is 2.59 bits per heavy atom. The van der Waals surface area contributed by atoms with Gasteiger partial charge in [-0.05, 0) is 24.1 Å². The molecular formula is C15H14ClNO3S2. The topological polar surface area (TPSA) is 57.6 Å². The number of benzene rings is 1. The summed E-state index contributed by atoms with van der Waals surface area (Å²) < 4.78 is 0.279. The summed E-state index contributed by atoms with van der Waals surface area (Å²) in [6.45, 7) is 1.49. The van der Waals surface area contributed by atoms with Crippen LogP contribution in [-0.2, 0) is 9.59 Å². The first-order valence-corrected chi connectivity index (χ1v) is 7.40. The molecule has 1 aliphatic heterocycles. The second-order valence-electron chi connectivity index (χ2n) is 4.46. The highest BCUT2D eigenvalue weighted by molar-refractivity contribution is 8.26. The Labute approximate surface area is 144 Å². The zero-order valence-corrected chi connectivity index (χ0v) is 14.1. The molecule has 0 bridgehead atoms. The van der Waals surface area contributed by atoms with Crippen LogP contribution in [0.25, 0.3) is 6.08 Å². The largest absolute Gasteiger partial charge is 0.480 e. The first-order chi connectivity index (χ1) is 9.97. The summed E-state index contributed by atoms with van der Waals surface area (Å²) in [7, 11) is 0. The van der Waals surface area contributed by atoms with Crippen LogP contribution in [0, 0.1) is 0 Å². The first-order valence-electron chi connectivity index (χ1n) is 6.18. The van der Waals surface area contributed by atoms with Crippen LogP contribution in [0.1, 0.15) is 12.5 Å². The lowest BCUT2D eigenvalue weighted by atomic mass is 10.1. The van der Waals surface area contributed by atoms with Crippen molar-refractivity contribution < 1.29 is 14.7 Å². The molecule has 7 heteroatoms. The quantitative estimate of drug-likeness (QED) is 0.663. The second kappa shape index (κ2) is 8.12. The Morgan fingerprint density at radius 1 is 1.36 bits per heavy atom. The van der Waals surface area contributed by atoms with Gasteiger partial charge in [0.05, 0.1) is 4.91 Å². The predicted octanol–water partition coefficient (Wildman–Crippen LogP) is 3.34. The van der Waals surface area contributed by atoms with Crippen LogP contribution in [0.15, 0.2) is 46.9 Å². The fourth-order valence-electron chi connectivity index (χ4n) is 1.83. The zero-order chi connectivity index (χ0) is 15.4. The summed E-state index contributed by atoms with van der Waals surface area (Å²) in [6, 6.07) is 9.74. The van der Waals surface area contributed by atoms with E-state index in [0.717, 1.165) is 27.8 Å². The van der Waals surface area contributed by atoms with Crippen molar-refractivity contribution in [1.82, 2.24) is 4.90 Å². The smallest absolute Gasteiger partial charge is 0.323 e. The molecule has 4 nitrogen and oxygen atoms in total. The molecule has 0 aliphatic carbocycles. The minimum atomic E-state index is -1.08. The molecule has 0 radical (unpaired) electrons. The summed E-state index contributed by atoms with van der Waals surface area (Å²) in [5.41, 5.74) is 1.93. The van der Waals surface area contributed by atoms with Gasteiger partial charge in [0.15, 0.2) is 0 Å². The molecule has 22 heavy (non-hydrogen) atoms. The molecule has 1 amide bonds. The van der Waals surface area contributed by atoms with Crippen LogP contribution in [0.2, 0.25) is 0 Å². The minimum absolute atomic E-state index is 0. The van der Waals surface area contributed by atoms with Crippen LogP contribution in [0.4, 0.5) is 0 Å². The van der Waals surface area contributed by atoms with Crippen LogP contribution in [-0.4, -0.2) is 32.7 Å². The minimum Gasteiger partial charge on any atom is -0.480 e. The van der Waals surface area contributed by atoms with E-state index in [9.17, 15) is 9.59 Å². The number of hydrogen-bond acceptors (Lipinski definition) is 4. The molecule has 1 saturated heterocycles. The Bertz CT molecular complexity index is 656. The number of nitrogens with zero attached hydrogens (tertiary/aromatic N) is 1. The van der Waals surface area contributed by atoms with Gasteiger partial charge in [0, 0.05) is 0 Å². The van der Waals surface area contributed by atoms with E-state index in [0.29, 0.717) is 4.91 Å². The third-order valence-corrected chi connectivity index (χ3v) is 4.10. The maximum Gasteiger partial charge on any atom is 0.323 e. The van der Waals surface area contributed by atoms with E-state index in [1.807, 2.05) is 43.3 Å². The van der Waals surface area contributed by atoms with Crippen molar-refractivity contribution in [2.24, 2.45) is 0 Å². The molecule has 1 aliphatic rings. The normalized spacial score (nSPS) is 16.9. The molecule has 1 aromatic carbocycles. The van der Waals surface area contributed by atoms with Gasteiger partial charge in [0.1, 0.15) is 10.9 Å². The number of halogens is 1. The lowest BCUT2D eigenvalue weighted by Crippen LogP contribution is -2.33. The third kappa shape index (κ3) is 4.69. The van der Waals surface area contributed by atoms with Crippen molar-refractivity contribution in [3.05, 3.63) is 52.4 Å². The van der Waals surface area contributed by atoms with Crippen molar-refractivity contribution in [2.45, 2.75) is 6.92 Å². The Balaban J connectivity index is 0.00000242. The maximum atomic E-state index is 12.1. The number of rotatable bonds is 4. The number of thioether (sulfide) groups is 1. The molecule has 1 aromatic rings. The molecule has 1 N–H and O–H groups in total. The average molecular weight is 356 g/mol. The highest BCUT2D eigenvalue weighted by Gasteiger charge is 2.33. The van der Waals surface area contributed by atoms with Crippen LogP contribution in [0.3, 0.4) is 0 Å². The van der Waals surface area contributed by atoms with Gasteiger partial charge in [0.25, 0.3) is 5.91 Å². The first kappa shape index (κ1) is 18.4. The number of carboxylic acids is 1. The molecule has 0 saturated carbocycles. The Hall–Kier alpha value is -1.63. The van der Waals surface area contributed by atoms with Gasteiger partial charge in [0.2, 0.25) is 0 Å². The number of allylic oxidation sites excluding steroid dienone is 2. The molecular weight excluding hydrogens is 342 g/mol. The lowest BCUT2D eigenvalue weighted by molar-refractivity contribution is -0.140. The summed E-state index contributed by atoms with van der Waals surface area (Å²) in [6.07, 6.45) is 3.68. The van der Waals surface area contributed by atoms with E-state index in [1.54, 1.807) is 6.08 Å². The molecule has 0 atom stereocenters. The van der Waals surface area contributed by atoms with E-state index < -0.39 is 12.5 Å². The average Bonchev–Trinajstić information content (AvgIpc) is 2.67. The maximum absolute atomic E-state index is 12.1. The zero-order valence-electron chi connectivity index (χ0n) is 11.7. The summed E-state index contributed by atoms with van der Waals surface area (Å²) in [5.74, 6) is -1.43. The fourth-order valence-corrected chi connectivity index (χ4v) is 3.14. The van der Waals surface area contributed by atoms with E-state index in [4.69, 9.17) is 17.3 Å². The number of thiocarbonyl (C=S) groups is 1. The van der Waals surface area contributed by atoms with Crippen molar-refractivity contribution >= 4 is 58.7 Å². The third-order valence-electron chi connectivity index (χ3n) is 2.72. The second-order valence-corrected chi connectivity index (χ2v) is 6.14. The molecule has 0 unspecified atom stereocenters. The molecule has 1 heterocycles. The van der Waals surface area contributed by atoms with Crippen LogP contribution >= 0.6 is 36.4 Å². The summed E-state index contributed by atoms with van der Waals surface area (Å²) >= 11 is 6.17. The molecule has 0 aromatic heterocycles. The SMILES string of the molecule is CC(=Cc1ccccc1)C=C1SC(=S)N(CC(=O)O)C1=O.Cl.